The number of rotatable bonds is 0. The summed E-state index contributed by atoms with van der Waals surface area (Å²) in [6.45, 7) is 2.72. The summed E-state index contributed by atoms with van der Waals surface area (Å²) >= 11 is 3.55. The van der Waals surface area contributed by atoms with Crippen molar-refractivity contribution in [3.8, 4) is 0 Å². The number of fused-ring (bicyclic) bond motifs is 2. The second kappa shape index (κ2) is 3.42. The maximum atomic E-state index is 12.3. The fourth-order valence-corrected chi connectivity index (χ4v) is 2.83. The van der Waals surface area contributed by atoms with Gasteiger partial charge in [-0.1, -0.05) is 28.1 Å². The third-order valence-electron chi connectivity index (χ3n) is 3.11. The Hall–Kier alpha value is -1.16. The van der Waals surface area contributed by atoms with Crippen molar-refractivity contribution < 1.29 is 0 Å². The van der Waals surface area contributed by atoms with Crippen molar-refractivity contribution in [1.82, 2.24) is 9.55 Å². The summed E-state index contributed by atoms with van der Waals surface area (Å²) in [7, 11) is 0. The lowest BCUT2D eigenvalue weighted by Crippen LogP contribution is -2.21. The first-order chi connectivity index (χ1) is 7.68. The fourth-order valence-electron chi connectivity index (χ4n) is 2.27. The molecule has 2 heterocycles. The van der Waals surface area contributed by atoms with E-state index in [1.165, 1.54) is 0 Å². The Labute approximate surface area is 101 Å². The van der Waals surface area contributed by atoms with Crippen LogP contribution in [0.2, 0.25) is 0 Å². The second-order valence-electron chi connectivity index (χ2n) is 4.15. The number of benzene rings is 1. The predicted molar refractivity (Wildman–Crippen MR) is 67.0 cm³/mol. The van der Waals surface area contributed by atoms with Gasteiger partial charge in [0.05, 0.1) is 15.7 Å². The lowest BCUT2D eigenvalue weighted by Gasteiger charge is -2.07. The molecule has 0 bridgehead atoms. The van der Waals surface area contributed by atoms with Crippen molar-refractivity contribution >= 4 is 26.8 Å². The number of halogens is 1. The molecule has 0 aliphatic carbocycles. The Morgan fingerprint density at radius 3 is 3.12 bits per heavy atom. The van der Waals surface area contributed by atoms with Crippen molar-refractivity contribution in [2.45, 2.75) is 24.7 Å². The molecule has 2 aromatic rings. The molecule has 0 N–H and O–H groups in total. The molecule has 82 valence electrons. The third kappa shape index (κ3) is 1.26. The van der Waals surface area contributed by atoms with Crippen molar-refractivity contribution in [2.75, 3.05) is 0 Å². The highest BCUT2D eigenvalue weighted by atomic mass is 79.9. The quantitative estimate of drug-likeness (QED) is 0.695. The SMILES string of the molecule is Cc1cccc2nc3n(c(=O)c12)CCC3Br. The van der Waals surface area contributed by atoms with Crippen LogP contribution in [0.25, 0.3) is 10.9 Å². The first-order valence-corrected chi connectivity index (χ1v) is 6.24. The fraction of sp³-hybridized carbons (Fsp3) is 0.333. The highest BCUT2D eigenvalue weighted by Crippen LogP contribution is 2.31. The standard InChI is InChI=1S/C12H11BrN2O/c1-7-3-2-4-9-10(7)12(16)15-6-5-8(13)11(15)14-9/h2-4,8H,5-6H2,1H3. The summed E-state index contributed by atoms with van der Waals surface area (Å²) in [5, 5.41) is 0.757. The molecule has 0 radical (unpaired) electrons. The number of aromatic nitrogens is 2. The molecule has 1 aliphatic rings. The van der Waals surface area contributed by atoms with Crippen molar-refractivity contribution in [3.63, 3.8) is 0 Å². The summed E-state index contributed by atoms with van der Waals surface area (Å²) < 4.78 is 1.79. The van der Waals surface area contributed by atoms with E-state index in [0.717, 1.165) is 35.3 Å². The number of aryl methyl sites for hydroxylation is 1. The van der Waals surface area contributed by atoms with Crippen LogP contribution in [0.5, 0.6) is 0 Å². The Kier molecular flexibility index (Phi) is 2.14. The first-order valence-electron chi connectivity index (χ1n) is 5.32. The highest BCUT2D eigenvalue weighted by molar-refractivity contribution is 9.09. The number of hydrogen-bond acceptors (Lipinski definition) is 2. The van der Waals surface area contributed by atoms with Gasteiger partial charge in [0.15, 0.2) is 0 Å². The minimum Gasteiger partial charge on any atom is -0.295 e. The molecule has 3 nitrogen and oxygen atoms in total. The average Bonchev–Trinajstić information content (AvgIpc) is 2.61. The third-order valence-corrected chi connectivity index (χ3v) is 3.98. The van der Waals surface area contributed by atoms with Crippen LogP contribution in [-0.4, -0.2) is 9.55 Å². The number of hydrogen-bond donors (Lipinski definition) is 0. The Bertz CT molecular complexity index is 633. The van der Waals surface area contributed by atoms with Gasteiger partial charge >= 0.3 is 0 Å². The van der Waals surface area contributed by atoms with Crippen LogP contribution < -0.4 is 5.56 Å². The minimum atomic E-state index is 0.0973. The predicted octanol–water partition coefficient (Wildman–Crippen LogP) is 2.54. The summed E-state index contributed by atoms with van der Waals surface area (Å²) in [6, 6.07) is 5.81. The second-order valence-corrected chi connectivity index (χ2v) is 5.26. The van der Waals surface area contributed by atoms with Crippen LogP contribution in [-0.2, 0) is 6.54 Å². The largest absolute Gasteiger partial charge is 0.295 e. The molecule has 0 amide bonds. The molecule has 0 fully saturated rings. The number of alkyl halides is 1. The van der Waals surface area contributed by atoms with Crippen LogP contribution in [0.4, 0.5) is 0 Å². The zero-order valence-electron chi connectivity index (χ0n) is 8.90. The topological polar surface area (TPSA) is 34.9 Å². The summed E-state index contributed by atoms with van der Waals surface area (Å²) in [5.74, 6) is 0.864. The van der Waals surface area contributed by atoms with E-state index in [-0.39, 0.29) is 10.4 Å². The average molecular weight is 279 g/mol. The lowest BCUT2D eigenvalue weighted by molar-refractivity contribution is 0.718. The summed E-state index contributed by atoms with van der Waals surface area (Å²) in [4.78, 5) is 17.1. The molecule has 1 atom stereocenters. The maximum Gasteiger partial charge on any atom is 0.261 e. The highest BCUT2D eigenvalue weighted by Gasteiger charge is 2.24. The zero-order chi connectivity index (χ0) is 11.3. The molecule has 1 unspecified atom stereocenters. The molecular formula is C12H11BrN2O. The smallest absolute Gasteiger partial charge is 0.261 e. The van der Waals surface area contributed by atoms with E-state index in [1.54, 1.807) is 4.57 Å². The van der Waals surface area contributed by atoms with Crippen LogP contribution >= 0.6 is 15.9 Å². The van der Waals surface area contributed by atoms with Crippen molar-refractivity contribution in [1.29, 1.82) is 0 Å². The van der Waals surface area contributed by atoms with E-state index in [2.05, 4.69) is 20.9 Å². The molecule has 3 rings (SSSR count). The van der Waals surface area contributed by atoms with E-state index < -0.39 is 0 Å². The molecule has 16 heavy (non-hydrogen) atoms. The van der Waals surface area contributed by atoms with E-state index in [0.29, 0.717) is 0 Å². The van der Waals surface area contributed by atoms with Crippen LogP contribution in [0.3, 0.4) is 0 Å². The maximum absolute atomic E-state index is 12.3. The van der Waals surface area contributed by atoms with E-state index in [1.807, 2.05) is 25.1 Å². The van der Waals surface area contributed by atoms with Gasteiger partial charge in [0.25, 0.3) is 5.56 Å². The van der Waals surface area contributed by atoms with Crippen molar-refractivity contribution in [2.24, 2.45) is 0 Å². The molecule has 1 aromatic heterocycles. The minimum absolute atomic E-state index is 0.0973. The molecule has 0 spiro atoms. The normalized spacial score (nSPS) is 19.0. The van der Waals surface area contributed by atoms with Gasteiger partial charge in [0.2, 0.25) is 0 Å². The Morgan fingerprint density at radius 1 is 1.50 bits per heavy atom. The zero-order valence-corrected chi connectivity index (χ0v) is 10.5. The van der Waals surface area contributed by atoms with Gasteiger partial charge in [-0.25, -0.2) is 4.98 Å². The monoisotopic (exact) mass is 278 g/mol. The van der Waals surface area contributed by atoms with Gasteiger partial charge in [-0.3, -0.25) is 9.36 Å². The van der Waals surface area contributed by atoms with Crippen LogP contribution in [0, 0.1) is 6.92 Å². The van der Waals surface area contributed by atoms with Crippen molar-refractivity contribution in [3.05, 3.63) is 39.9 Å². The van der Waals surface area contributed by atoms with Gasteiger partial charge < -0.3 is 0 Å². The molecule has 0 saturated heterocycles. The molecule has 4 heteroatoms. The molecule has 1 aliphatic heterocycles. The van der Waals surface area contributed by atoms with E-state index >= 15 is 0 Å². The van der Waals surface area contributed by atoms with Gasteiger partial charge in [-0.2, -0.15) is 0 Å². The van der Waals surface area contributed by atoms with Gasteiger partial charge in [0.1, 0.15) is 5.82 Å². The summed E-state index contributed by atoms with van der Waals surface area (Å²) in [5.41, 5.74) is 1.91. The van der Waals surface area contributed by atoms with Gasteiger partial charge in [-0.15, -0.1) is 0 Å². The summed E-state index contributed by atoms with van der Waals surface area (Å²) in [6.07, 6.45) is 0.942. The first kappa shape index (κ1) is 10.0. The Morgan fingerprint density at radius 2 is 2.31 bits per heavy atom. The number of nitrogens with zero attached hydrogens (tertiary/aromatic N) is 2. The Balaban J connectivity index is 2.49. The van der Waals surface area contributed by atoms with Crippen LogP contribution in [0.15, 0.2) is 23.0 Å². The van der Waals surface area contributed by atoms with E-state index in [4.69, 9.17) is 0 Å². The lowest BCUT2D eigenvalue weighted by atomic mass is 10.1. The van der Waals surface area contributed by atoms with Crippen LogP contribution in [0.1, 0.15) is 22.6 Å². The van der Waals surface area contributed by atoms with Gasteiger partial charge in [0, 0.05) is 6.54 Å². The van der Waals surface area contributed by atoms with E-state index in [9.17, 15) is 4.79 Å². The van der Waals surface area contributed by atoms with Gasteiger partial charge in [-0.05, 0) is 25.0 Å². The molecular weight excluding hydrogens is 268 g/mol. The molecule has 0 saturated carbocycles. The molecule has 1 aromatic carbocycles.